The summed E-state index contributed by atoms with van der Waals surface area (Å²) in [4.78, 5) is 0. The highest BCUT2D eigenvalue weighted by Gasteiger charge is 2.24. The second kappa shape index (κ2) is 10.5. The first-order valence-electron chi connectivity index (χ1n) is 10.1. The molecule has 2 aliphatic carbocycles. The summed E-state index contributed by atoms with van der Waals surface area (Å²) in [6.45, 7) is 5.41. The fourth-order valence-corrected chi connectivity index (χ4v) is 4.34. The lowest BCUT2D eigenvalue weighted by molar-refractivity contribution is 0.0168. The van der Waals surface area contributed by atoms with Crippen LogP contribution in [0.2, 0.25) is 0 Å². The van der Waals surface area contributed by atoms with Crippen LogP contribution in [0.1, 0.15) is 90.9 Å². The van der Waals surface area contributed by atoms with Crippen LogP contribution in [0.15, 0.2) is 12.2 Å². The maximum Gasteiger partial charge on any atom is 0.0575 e. The van der Waals surface area contributed by atoms with E-state index in [0.29, 0.717) is 6.10 Å². The van der Waals surface area contributed by atoms with E-state index in [9.17, 15) is 0 Å². The summed E-state index contributed by atoms with van der Waals surface area (Å²) in [6, 6.07) is 0. The van der Waals surface area contributed by atoms with Gasteiger partial charge in [0.2, 0.25) is 0 Å². The fourth-order valence-electron chi connectivity index (χ4n) is 4.34. The van der Waals surface area contributed by atoms with Crippen molar-refractivity contribution in [2.24, 2.45) is 17.8 Å². The van der Waals surface area contributed by atoms with Gasteiger partial charge in [0.25, 0.3) is 0 Å². The third kappa shape index (κ3) is 6.44. The Hall–Kier alpha value is -0.300. The Bertz CT molecular complexity index is 293. The van der Waals surface area contributed by atoms with Gasteiger partial charge in [0, 0.05) is 6.61 Å². The number of allylic oxidation sites excluding steroid dienone is 2. The van der Waals surface area contributed by atoms with E-state index in [4.69, 9.17) is 4.74 Å². The van der Waals surface area contributed by atoms with Gasteiger partial charge in [-0.1, -0.05) is 38.8 Å². The Balaban J connectivity index is 1.55. The molecule has 2 rings (SSSR count). The van der Waals surface area contributed by atoms with E-state index in [0.717, 1.165) is 30.8 Å². The van der Waals surface area contributed by atoms with Crippen LogP contribution < -0.4 is 0 Å². The van der Waals surface area contributed by atoms with Gasteiger partial charge in [-0.15, -0.1) is 0 Å². The Kier molecular flexibility index (Phi) is 8.59. The average Bonchev–Trinajstić information content (AvgIpc) is 2.58. The zero-order chi connectivity index (χ0) is 15.6. The van der Waals surface area contributed by atoms with E-state index >= 15 is 0 Å². The van der Waals surface area contributed by atoms with Crippen LogP contribution in [-0.4, -0.2) is 12.7 Å². The van der Waals surface area contributed by atoms with Gasteiger partial charge in [-0.25, -0.2) is 0 Å². The molecule has 128 valence electrons. The van der Waals surface area contributed by atoms with Crippen molar-refractivity contribution in [2.45, 2.75) is 97.0 Å². The van der Waals surface area contributed by atoms with Crippen molar-refractivity contribution in [3.05, 3.63) is 12.2 Å². The van der Waals surface area contributed by atoms with Crippen molar-refractivity contribution in [3.8, 4) is 0 Å². The van der Waals surface area contributed by atoms with Crippen LogP contribution in [0.5, 0.6) is 0 Å². The van der Waals surface area contributed by atoms with Crippen LogP contribution >= 0.6 is 0 Å². The molecule has 0 aromatic rings. The molecule has 0 spiro atoms. The molecule has 0 amide bonds. The summed E-state index contributed by atoms with van der Waals surface area (Å²) >= 11 is 0. The Morgan fingerprint density at radius 3 is 1.95 bits per heavy atom. The fraction of sp³-hybridized carbons (Fsp3) is 0.905. The first-order chi connectivity index (χ1) is 10.8. The second-order valence-corrected chi connectivity index (χ2v) is 7.71. The largest absolute Gasteiger partial charge is 0.378 e. The van der Waals surface area contributed by atoms with Gasteiger partial charge in [-0.3, -0.25) is 0 Å². The van der Waals surface area contributed by atoms with Crippen molar-refractivity contribution in [3.63, 3.8) is 0 Å². The molecule has 0 aromatic heterocycles. The molecule has 0 unspecified atom stereocenters. The zero-order valence-electron chi connectivity index (χ0n) is 15.1. The second-order valence-electron chi connectivity index (χ2n) is 7.71. The van der Waals surface area contributed by atoms with Crippen LogP contribution in [0.3, 0.4) is 0 Å². The van der Waals surface area contributed by atoms with Crippen LogP contribution in [0, 0.1) is 17.8 Å². The zero-order valence-corrected chi connectivity index (χ0v) is 15.1. The van der Waals surface area contributed by atoms with Gasteiger partial charge < -0.3 is 4.74 Å². The van der Waals surface area contributed by atoms with Crippen LogP contribution in [0.4, 0.5) is 0 Å². The summed E-state index contributed by atoms with van der Waals surface area (Å²) in [5.74, 6) is 2.92. The summed E-state index contributed by atoms with van der Waals surface area (Å²) < 4.78 is 5.91. The summed E-state index contributed by atoms with van der Waals surface area (Å²) in [5, 5.41) is 0. The predicted octanol–water partition coefficient (Wildman–Crippen LogP) is 6.52. The molecule has 0 aliphatic heterocycles. The van der Waals surface area contributed by atoms with Crippen molar-refractivity contribution >= 4 is 0 Å². The Morgan fingerprint density at radius 2 is 1.41 bits per heavy atom. The molecule has 0 saturated heterocycles. The third-order valence-electron chi connectivity index (χ3n) is 5.87. The van der Waals surface area contributed by atoms with Crippen molar-refractivity contribution in [1.29, 1.82) is 0 Å². The van der Waals surface area contributed by atoms with Crippen LogP contribution in [-0.2, 0) is 4.74 Å². The molecule has 2 fully saturated rings. The molecule has 1 heteroatoms. The Morgan fingerprint density at radius 1 is 0.818 bits per heavy atom. The molecule has 0 bridgehead atoms. The van der Waals surface area contributed by atoms with Gasteiger partial charge in [-0.05, 0) is 82.0 Å². The highest BCUT2D eigenvalue weighted by molar-refractivity contribution is 4.90. The normalized spacial score (nSPS) is 33.4. The first kappa shape index (κ1) is 18.0. The van der Waals surface area contributed by atoms with Gasteiger partial charge in [-0.2, -0.15) is 0 Å². The number of hydrogen-bond acceptors (Lipinski definition) is 1. The number of ether oxygens (including phenoxy) is 1. The molecule has 2 aliphatic rings. The lowest BCUT2D eigenvalue weighted by atomic mass is 9.77. The maximum atomic E-state index is 5.91. The highest BCUT2D eigenvalue weighted by atomic mass is 16.5. The Labute approximate surface area is 138 Å². The van der Waals surface area contributed by atoms with Crippen LogP contribution in [0.25, 0.3) is 0 Å². The third-order valence-corrected chi connectivity index (χ3v) is 5.87. The molecule has 0 N–H and O–H groups in total. The SMILES string of the molecule is CC/C=C/C1CCC(CCC2CCC(OCCC)CC2)CC1. The molecule has 0 radical (unpaired) electrons. The van der Waals surface area contributed by atoms with Gasteiger partial charge in [0.1, 0.15) is 0 Å². The van der Waals surface area contributed by atoms with E-state index < -0.39 is 0 Å². The molecule has 0 aromatic carbocycles. The average molecular weight is 307 g/mol. The monoisotopic (exact) mass is 306 g/mol. The minimum Gasteiger partial charge on any atom is -0.378 e. The van der Waals surface area contributed by atoms with E-state index in [1.54, 1.807) is 0 Å². The lowest BCUT2D eigenvalue weighted by Gasteiger charge is -2.31. The van der Waals surface area contributed by atoms with Gasteiger partial charge in [0.15, 0.2) is 0 Å². The van der Waals surface area contributed by atoms with E-state index in [1.807, 2.05) is 0 Å². The van der Waals surface area contributed by atoms with Gasteiger partial charge in [0.05, 0.1) is 6.10 Å². The predicted molar refractivity (Wildman–Crippen MR) is 96.1 cm³/mol. The van der Waals surface area contributed by atoms with E-state index in [2.05, 4.69) is 26.0 Å². The molecular weight excluding hydrogens is 268 g/mol. The van der Waals surface area contributed by atoms with E-state index in [1.165, 1.54) is 70.6 Å². The molecule has 1 nitrogen and oxygen atoms in total. The lowest BCUT2D eigenvalue weighted by Crippen LogP contribution is -2.22. The summed E-state index contributed by atoms with van der Waals surface area (Å²) in [7, 11) is 0. The standard InChI is InChI=1S/C21H38O/c1-3-5-6-18-7-9-19(10-8-18)11-12-20-13-15-21(16-14-20)22-17-4-2/h5-6,18-21H,3-4,7-17H2,1-2H3/b6-5+. The van der Waals surface area contributed by atoms with E-state index in [-0.39, 0.29) is 0 Å². The van der Waals surface area contributed by atoms with Gasteiger partial charge >= 0.3 is 0 Å². The molecule has 22 heavy (non-hydrogen) atoms. The molecule has 0 heterocycles. The molecule has 0 atom stereocenters. The smallest absolute Gasteiger partial charge is 0.0575 e. The quantitative estimate of drug-likeness (QED) is 0.463. The minimum absolute atomic E-state index is 0.581. The minimum atomic E-state index is 0.581. The number of rotatable bonds is 8. The summed E-state index contributed by atoms with van der Waals surface area (Å²) in [5.41, 5.74) is 0. The highest BCUT2D eigenvalue weighted by Crippen LogP contribution is 2.36. The molecular formula is C21H38O. The topological polar surface area (TPSA) is 9.23 Å². The first-order valence-corrected chi connectivity index (χ1v) is 10.1. The van der Waals surface area contributed by atoms with Crippen molar-refractivity contribution < 1.29 is 4.74 Å². The number of hydrogen-bond donors (Lipinski definition) is 0. The summed E-state index contributed by atoms with van der Waals surface area (Å²) in [6.07, 6.45) is 22.1. The van der Waals surface area contributed by atoms with Crippen molar-refractivity contribution in [1.82, 2.24) is 0 Å². The van der Waals surface area contributed by atoms with Crippen molar-refractivity contribution in [2.75, 3.05) is 6.61 Å². The molecule has 2 saturated carbocycles. The maximum absolute atomic E-state index is 5.91.